The van der Waals surface area contributed by atoms with E-state index >= 15 is 0 Å². The van der Waals surface area contributed by atoms with Crippen LogP contribution in [0.2, 0.25) is 45.8 Å². The van der Waals surface area contributed by atoms with Crippen molar-refractivity contribution in [2.24, 2.45) is 0 Å². The van der Waals surface area contributed by atoms with E-state index in [4.69, 9.17) is 8.54 Å². The highest BCUT2D eigenvalue weighted by Gasteiger charge is 2.28. The Balaban J connectivity index is 4.07. The molecule has 0 N–H and O–H groups in total. The quantitative estimate of drug-likeness (QED) is 0.697. The van der Waals surface area contributed by atoms with Crippen molar-refractivity contribution in [2.45, 2.75) is 58.5 Å². The van der Waals surface area contributed by atoms with Gasteiger partial charge in [0.15, 0.2) is 16.6 Å². The Bertz CT molecular complexity index is 152. The summed E-state index contributed by atoms with van der Waals surface area (Å²) in [4.78, 5) is 0. The Morgan fingerprint density at radius 1 is 0.929 bits per heavy atom. The Kier molecular flexibility index (Phi) is 5.27. The van der Waals surface area contributed by atoms with E-state index in [0.29, 0.717) is 5.73 Å². The summed E-state index contributed by atoms with van der Waals surface area (Å²) in [7, 11) is -3.56. The van der Waals surface area contributed by atoms with Gasteiger partial charge in [0, 0.05) is 0 Å². The maximum atomic E-state index is 6.08. The first kappa shape index (κ1) is 14.6. The average Bonchev–Trinajstić information content (AvgIpc) is 1.78. The first-order valence-corrected chi connectivity index (χ1v) is 14.0. The van der Waals surface area contributed by atoms with E-state index in [9.17, 15) is 0 Å². The van der Waals surface area contributed by atoms with Crippen LogP contribution >= 0.6 is 0 Å². The second-order valence-corrected chi connectivity index (χ2v) is 17.2. The van der Waals surface area contributed by atoms with Crippen molar-refractivity contribution in [3.05, 3.63) is 0 Å². The van der Waals surface area contributed by atoms with Crippen molar-refractivity contribution in [1.29, 1.82) is 0 Å². The minimum atomic E-state index is -1.40. The molecule has 0 fully saturated rings. The second-order valence-electron chi connectivity index (χ2n) is 5.70. The third-order valence-corrected chi connectivity index (χ3v) is 7.87. The van der Waals surface area contributed by atoms with Gasteiger partial charge in [0.05, 0.1) is 5.73 Å². The van der Waals surface area contributed by atoms with Gasteiger partial charge in [-0.3, -0.25) is 0 Å². The number of hydrogen-bond donors (Lipinski definition) is 0. The minimum Gasteiger partial charge on any atom is -0.454 e. The molecule has 0 saturated heterocycles. The molecule has 0 heterocycles. The standard InChI is InChI=1S/C9H25O2Si3/c1-9(10-13(3,4)5)12(2)11-14(6,7)8/h9H,1-8H3. The van der Waals surface area contributed by atoms with Crippen LogP contribution in [0.5, 0.6) is 0 Å². The molecule has 14 heavy (non-hydrogen) atoms. The van der Waals surface area contributed by atoms with E-state index in [-0.39, 0.29) is 0 Å². The fraction of sp³-hybridized carbons (Fsp3) is 1.00. The van der Waals surface area contributed by atoms with Crippen LogP contribution in [0.3, 0.4) is 0 Å². The van der Waals surface area contributed by atoms with E-state index < -0.39 is 25.7 Å². The zero-order chi connectivity index (χ0) is 11.6. The molecule has 2 nitrogen and oxygen atoms in total. The first-order chi connectivity index (χ1) is 6.01. The van der Waals surface area contributed by atoms with Gasteiger partial charge in [-0.25, -0.2) is 0 Å². The predicted molar refractivity (Wildman–Crippen MR) is 69.9 cm³/mol. The van der Waals surface area contributed by atoms with Crippen LogP contribution in [0.4, 0.5) is 0 Å². The fourth-order valence-electron chi connectivity index (χ4n) is 1.18. The lowest BCUT2D eigenvalue weighted by Crippen LogP contribution is -2.44. The zero-order valence-corrected chi connectivity index (χ0v) is 13.9. The third kappa shape index (κ3) is 7.93. The SMILES string of the molecule is CC(O[Si](C)(C)C)[Si](C)O[Si](C)(C)C. The molecular formula is C9H25O2Si3. The maximum absolute atomic E-state index is 6.08. The van der Waals surface area contributed by atoms with Crippen molar-refractivity contribution < 1.29 is 8.54 Å². The van der Waals surface area contributed by atoms with Gasteiger partial charge < -0.3 is 8.54 Å². The van der Waals surface area contributed by atoms with Crippen LogP contribution in [0.1, 0.15) is 6.92 Å². The second kappa shape index (κ2) is 5.07. The number of rotatable bonds is 5. The van der Waals surface area contributed by atoms with Crippen molar-refractivity contribution in [3.8, 4) is 0 Å². The van der Waals surface area contributed by atoms with Gasteiger partial charge in [-0.1, -0.05) is 0 Å². The van der Waals surface area contributed by atoms with Gasteiger partial charge in [-0.15, -0.1) is 0 Å². The molecule has 5 heteroatoms. The van der Waals surface area contributed by atoms with Gasteiger partial charge in [-0.2, -0.15) is 0 Å². The van der Waals surface area contributed by atoms with Crippen LogP contribution < -0.4 is 0 Å². The molecule has 0 aliphatic carbocycles. The summed E-state index contributed by atoms with van der Waals surface area (Å²) in [6.07, 6.45) is 0. The van der Waals surface area contributed by atoms with Crippen molar-refractivity contribution in [2.75, 3.05) is 0 Å². The Labute approximate surface area is 93.0 Å². The number of hydrogen-bond acceptors (Lipinski definition) is 2. The summed E-state index contributed by atoms with van der Waals surface area (Å²) in [6, 6.07) is 0. The highest BCUT2D eigenvalue weighted by atomic mass is 28.4. The molecule has 0 aromatic rings. The van der Waals surface area contributed by atoms with Gasteiger partial charge in [0.1, 0.15) is 0 Å². The summed E-state index contributed by atoms with van der Waals surface area (Å²) < 4.78 is 12.1. The summed E-state index contributed by atoms with van der Waals surface area (Å²) in [5.41, 5.74) is 0.318. The zero-order valence-electron chi connectivity index (χ0n) is 10.9. The largest absolute Gasteiger partial charge is 0.454 e. The topological polar surface area (TPSA) is 18.5 Å². The predicted octanol–water partition coefficient (Wildman–Crippen LogP) is 3.24. The van der Waals surface area contributed by atoms with Gasteiger partial charge in [-0.05, 0) is 52.8 Å². The van der Waals surface area contributed by atoms with Crippen LogP contribution in [0.15, 0.2) is 0 Å². The molecule has 0 aromatic carbocycles. The van der Waals surface area contributed by atoms with Crippen LogP contribution in [0.25, 0.3) is 0 Å². The van der Waals surface area contributed by atoms with Crippen molar-refractivity contribution in [3.63, 3.8) is 0 Å². The van der Waals surface area contributed by atoms with E-state index in [1.54, 1.807) is 0 Å². The molecule has 0 bridgehead atoms. The van der Waals surface area contributed by atoms with Crippen molar-refractivity contribution in [1.82, 2.24) is 0 Å². The molecule has 1 atom stereocenters. The van der Waals surface area contributed by atoms with E-state index in [2.05, 4.69) is 52.8 Å². The molecule has 0 aliphatic heterocycles. The molecule has 0 spiro atoms. The van der Waals surface area contributed by atoms with Crippen molar-refractivity contribution >= 4 is 25.7 Å². The molecule has 85 valence electrons. The monoisotopic (exact) mass is 249 g/mol. The first-order valence-electron chi connectivity index (χ1n) is 5.21. The maximum Gasteiger partial charge on any atom is 0.224 e. The molecule has 0 aliphatic rings. The highest BCUT2D eigenvalue weighted by Crippen LogP contribution is 2.13. The normalized spacial score (nSPS) is 16.1. The fourth-order valence-corrected chi connectivity index (χ4v) is 8.49. The third-order valence-electron chi connectivity index (χ3n) is 1.57. The lowest BCUT2D eigenvalue weighted by Gasteiger charge is -2.30. The molecule has 1 radical (unpaired) electrons. The molecular weight excluding hydrogens is 224 g/mol. The van der Waals surface area contributed by atoms with Crippen LogP contribution in [-0.2, 0) is 8.54 Å². The smallest absolute Gasteiger partial charge is 0.224 e. The highest BCUT2D eigenvalue weighted by molar-refractivity contribution is 6.78. The summed E-state index contributed by atoms with van der Waals surface area (Å²) in [6.45, 7) is 17.8. The summed E-state index contributed by atoms with van der Waals surface area (Å²) >= 11 is 0. The molecule has 0 rings (SSSR count). The summed E-state index contributed by atoms with van der Waals surface area (Å²) in [5.74, 6) is 0. The van der Waals surface area contributed by atoms with Crippen LogP contribution in [0, 0.1) is 0 Å². The molecule has 0 aromatic heterocycles. The Morgan fingerprint density at radius 3 is 1.64 bits per heavy atom. The van der Waals surface area contributed by atoms with Gasteiger partial charge >= 0.3 is 0 Å². The minimum absolute atomic E-state index is 0.318. The van der Waals surface area contributed by atoms with Gasteiger partial charge in [0.2, 0.25) is 9.04 Å². The van der Waals surface area contributed by atoms with Gasteiger partial charge in [0.25, 0.3) is 0 Å². The van der Waals surface area contributed by atoms with Crippen LogP contribution in [-0.4, -0.2) is 31.4 Å². The Morgan fingerprint density at radius 2 is 1.36 bits per heavy atom. The lowest BCUT2D eigenvalue weighted by atomic mass is 10.9. The summed E-state index contributed by atoms with van der Waals surface area (Å²) in [5, 5.41) is 0. The lowest BCUT2D eigenvalue weighted by molar-refractivity contribution is 0.268. The molecule has 1 unspecified atom stereocenters. The average molecular weight is 250 g/mol. The van der Waals surface area contributed by atoms with E-state index in [0.717, 1.165) is 0 Å². The van der Waals surface area contributed by atoms with E-state index in [1.165, 1.54) is 0 Å². The van der Waals surface area contributed by atoms with E-state index in [1.807, 2.05) is 0 Å². The Hall–Kier alpha value is 0.571. The molecule has 0 saturated carbocycles. The molecule has 0 amide bonds.